The number of thiazole rings is 1. The van der Waals surface area contributed by atoms with E-state index in [1.54, 1.807) is 6.07 Å². The lowest BCUT2D eigenvalue weighted by Gasteiger charge is -2.22. The number of hydrazone groups is 1. The molecule has 0 spiro atoms. The first-order valence-corrected chi connectivity index (χ1v) is 12.4. The van der Waals surface area contributed by atoms with Crippen LogP contribution in [0.2, 0.25) is 0 Å². The molecule has 1 atom stereocenters. The van der Waals surface area contributed by atoms with Crippen molar-refractivity contribution in [1.29, 1.82) is 0 Å². The molecule has 3 heterocycles. The van der Waals surface area contributed by atoms with Gasteiger partial charge in [-0.05, 0) is 29.3 Å². The average Bonchev–Trinajstić information content (AvgIpc) is 3.59. The predicted molar refractivity (Wildman–Crippen MR) is 142 cm³/mol. The van der Waals surface area contributed by atoms with Crippen LogP contribution >= 0.6 is 11.3 Å². The van der Waals surface area contributed by atoms with E-state index in [2.05, 4.69) is 39.1 Å². The summed E-state index contributed by atoms with van der Waals surface area (Å²) in [4.78, 5) is 23.8. The number of carbonyl (C=O) groups excluding carboxylic acids is 1. The maximum atomic E-state index is 12.7. The smallest absolute Gasteiger partial charge is 0.279 e. The highest BCUT2D eigenvalue weighted by Crippen LogP contribution is 2.43. The largest absolute Gasteiger partial charge is 0.492 e. The van der Waals surface area contributed by atoms with E-state index in [4.69, 9.17) is 5.10 Å². The zero-order chi connectivity index (χ0) is 24.8. The van der Waals surface area contributed by atoms with E-state index >= 15 is 0 Å². The van der Waals surface area contributed by atoms with E-state index in [1.807, 2.05) is 67.6 Å². The Morgan fingerprint density at radius 2 is 1.69 bits per heavy atom. The molecule has 0 saturated carbocycles. The Hall–Kier alpha value is -4.30. The maximum absolute atomic E-state index is 12.7. The summed E-state index contributed by atoms with van der Waals surface area (Å²) in [5.41, 5.74) is 4.57. The molecule has 6 rings (SSSR count). The third-order valence-corrected chi connectivity index (χ3v) is 7.49. The Balaban J connectivity index is 1.45. The van der Waals surface area contributed by atoms with Crippen LogP contribution in [0.25, 0.3) is 5.57 Å². The molecule has 4 aromatic rings. The van der Waals surface area contributed by atoms with Gasteiger partial charge in [0.2, 0.25) is 11.0 Å². The number of rotatable bonds is 5. The first kappa shape index (κ1) is 22.2. The van der Waals surface area contributed by atoms with Gasteiger partial charge in [0.25, 0.3) is 5.91 Å². The van der Waals surface area contributed by atoms with Crippen molar-refractivity contribution < 1.29 is 9.90 Å². The fourth-order valence-corrected chi connectivity index (χ4v) is 5.60. The average molecular weight is 494 g/mol. The molecule has 8 heteroatoms. The van der Waals surface area contributed by atoms with Gasteiger partial charge in [0.05, 0.1) is 22.7 Å². The molecule has 0 saturated heterocycles. The van der Waals surface area contributed by atoms with Gasteiger partial charge in [0.15, 0.2) is 0 Å². The lowest BCUT2D eigenvalue weighted by atomic mass is 9.98. The molecule has 1 aromatic heterocycles. The highest BCUT2D eigenvalue weighted by atomic mass is 32.1. The second kappa shape index (κ2) is 8.73. The van der Waals surface area contributed by atoms with Crippen LogP contribution in [0.4, 0.5) is 10.8 Å². The number of fused-ring (bicyclic) bond motifs is 1. The number of hydrogen-bond acceptors (Lipinski definition) is 7. The van der Waals surface area contributed by atoms with E-state index in [0.717, 1.165) is 22.5 Å². The molecule has 2 aliphatic rings. The van der Waals surface area contributed by atoms with Crippen LogP contribution in [0.1, 0.15) is 28.5 Å². The number of hydrogen-bond donors (Lipinski definition) is 1. The second-order valence-corrected chi connectivity index (χ2v) is 9.90. The Bertz CT molecular complexity index is 1620. The van der Waals surface area contributed by atoms with Crippen molar-refractivity contribution >= 4 is 39.3 Å². The van der Waals surface area contributed by atoms with Crippen LogP contribution in [-0.4, -0.2) is 35.8 Å². The van der Waals surface area contributed by atoms with Crippen molar-refractivity contribution in [2.45, 2.75) is 12.5 Å². The Labute approximate surface area is 212 Å². The van der Waals surface area contributed by atoms with Gasteiger partial charge in [-0.25, -0.2) is 10.0 Å². The summed E-state index contributed by atoms with van der Waals surface area (Å²) < 4.78 is 0. The van der Waals surface area contributed by atoms with E-state index in [-0.39, 0.29) is 17.8 Å². The topological polar surface area (TPSA) is 81.4 Å². The Morgan fingerprint density at radius 3 is 2.44 bits per heavy atom. The number of benzene rings is 3. The summed E-state index contributed by atoms with van der Waals surface area (Å²) in [6.07, 6.45) is 0.689. The summed E-state index contributed by atoms with van der Waals surface area (Å²) in [6, 6.07) is 25.7. The Morgan fingerprint density at radius 1 is 0.972 bits per heavy atom. The molecular formula is C28H23N5O2S. The normalized spacial score (nSPS) is 16.7. The van der Waals surface area contributed by atoms with Crippen molar-refractivity contribution in [2.24, 2.45) is 10.1 Å². The van der Waals surface area contributed by atoms with Crippen LogP contribution < -0.4 is 20.5 Å². The van der Waals surface area contributed by atoms with Gasteiger partial charge < -0.3 is 10.0 Å². The minimum absolute atomic E-state index is 0.101. The first-order valence-electron chi connectivity index (χ1n) is 11.6. The molecule has 3 aromatic carbocycles. The van der Waals surface area contributed by atoms with Gasteiger partial charge in [-0.15, -0.1) is 0 Å². The molecule has 1 unspecified atom stereocenters. The summed E-state index contributed by atoms with van der Waals surface area (Å²) in [5.74, 6) is -0.553. The van der Waals surface area contributed by atoms with E-state index in [9.17, 15) is 9.90 Å². The lowest BCUT2D eigenvalue weighted by molar-refractivity contribution is -0.112. The number of aromatic hydroxyl groups is 1. The van der Waals surface area contributed by atoms with E-state index < -0.39 is 0 Å². The van der Waals surface area contributed by atoms with Gasteiger partial charge in [0, 0.05) is 31.4 Å². The fourth-order valence-electron chi connectivity index (χ4n) is 4.59. The van der Waals surface area contributed by atoms with Crippen LogP contribution in [0, 0.1) is 0 Å². The standard InChI is InChI=1S/C28H23N5O2S/c1-32(2)19-14-12-18(13-15-19)23-16-22(17-8-4-3-5-9-17)31-33(23)28-30-27(35)25(36-28)24-20-10-6-7-11-21(20)29-26(24)34/h3-15,23,35H,16H2,1-2H3. The maximum Gasteiger partial charge on any atom is 0.279 e. The zero-order valence-corrected chi connectivity index (χ0v) is 20.6. The quantitative estimate of drug-likeness (QED) is 0.459. The summed E-state index contributed by atoms with van der Waals surface area (Å²) >= 11 is 1.26. The number of amides is 1. The van der Waals surface area contributed by atoms with Gasteiger partial charge >= 0.3 is 0 Å². The number of anilines is 2. The van der Waals surface area contributed by atoms with Crippen LogP contribution in [-0.2, 0) is 4.79 Å². The molecule has 0 radical (unpaired) electrons. The molecule has 1 N–H and O–H groups in total. The Kier molecular flexibility index (Phi) is 5.38. The van der Waals surface area contributed by atoms with Crippen molar-refractivity contribution in [3.63, 3.8) is 0 Å². The van der Waals surface area contributed by atoms with Crippen molar-refractivity contribution in [3.05, 3.63) is 105 Å². The highest BCUT2D eigenvalue weighted by Gasteiger charge is 2.34. The minimum atomic E-state index is -0.368. The molecule has 178 valence electrons. The summed E-state index contributed by atoms with van der Waals surface area (Å²) in [6.45, 7) is 0. The number of carbonyl (C=O) groups is 1. The lowest BCUT2D eigenvalue weighted by Crippen LogP contribution is -2.22. The van der Waals surface area contributed by atoms with Gasteiger partial charge in [-0.1, -0.05) is 72.0 Å². The first-order chi connectivity index (χ1) is 17.5. The monoisotopic (exact) mass is 493 g/mol. The molecule has 1 amide bonds. The molecule has 2 aliphatic heterocycles. The molecule has 0 fully saturated rings. The minimum Gasteiger partial charge on any atom is -0.492 e. The zero-order valence-electron chi connectivity index (χ0n) is 19.8. The third kappa shape index (κ3) is 3.76. The highest BCUT2D eigenvalue weighted by molar-refractivity contribution is 7.17. The predicted octanol–water partition coefficient (Wildman–Crippen LogP) is 3.63. The fraction of sp³-hybridized carbons (Fsp3) is 0.143. The summed E-state index contributed by atoms with van der Waals surface area (Å²) in [5, 5.41) is 19.5. The second-order valence-electron chi connectivity index (χ2n) is 8.92. The number of aromatic nitrogens is 1. The van der Waals surface area contributed by atoms with Gasteiger partial charge in [-0.2, -0.15) is 10.1 Å². The van der Waals surface area contributed by atoms with Crippen molar-refractivity contribution in [2.75, 3.05) is 24.0 Å². The molecule has 0 aliphatic carbocycles. The van der Waals surface area contributed by atoms with Crippen LogP contribution in [0.15, 0.2) is 89.0 Å². The van der Waals surface area contributed by atoms with Crippen molar-refractivity contribution in [1.82, 2.24) is 4.98 Å². The van der Waals surface area contributed by atoms with Gasteiger partial charge in [-0.3, -0.25) is 4.79 Å². The van der Waals surface area contributed by atoms with E-state index in [0.29, 0.717) is 32.6 Å². The number of para-hydroxylation sites is 1. The van der Waals surface area contributed by atoms with Gasteiger partial charge in [0.1, 0.15) is 4.88 Å². The van der Waals surface area contributed by atoms with Crippen LogP contribution in [0.3, 0.4) is 0 Å². The molecular weight excluding hydrogens is 470 g/mol. The van der Waals surface area contributed by atoms with E-state index in [1.165, 1.54) is 11.3 Å². The molecule has 0 bridgehead atoms. The SMILES string of the molecule is CN(C)c1ccc(C2CC(c3ccccc3)=NN2c2nc(O)c(C3=c4ccccc4=NC3=O)s2)cc1. The summed E-state index contributed by atoms with van der Waals surface area (Å²) in [7, 11) is 4.03. The third-order valence-electron chi connectivity index (χ3n) is 6.44. The molecule has 36 heavy (non-hydrogen) atoms. The van der Waals surface area contributed by atoms with Crippen molar-refractivity contribution in [3.8, 4) is 5.88 Å². The van der Waals surface area contributed by atoms with Crippen LogP contribution in [0.5, 0.6) is 5.88 Å². The molecule has 7 nitrogen and oxygen atoms in total. The number of nitrogens with zero attached hydrogens (tertiary/aromatic N) is 5.